The first-order valence-corrected chi connectivity index (χ1v) is 10.4. The van der Waals surface area contributed by atoms with Crippen LogP contribution in [-0.4, -0.2) is 40.2 Å². The summed E-state index contributed by atoms with van der Waals surface area (Å²) in [5, 5.41) is 9.44. The van der Waals surface area contributed by atoms with Crippen LogP contribution in [0.25, 0.3) is 0 Å². The molecular formula is C14H26ClNO4Si. The Labute approximate surface area is 133 Å². The van der Waals surface area contributed by atoms with Crippen molar-refractivity contribution in [2.75, 3.05) is 25.9 Å². The maximum absolute atomic E-state index is 12.1. The van der Waals surface area contributed by atoms with E-state index in [1.165, 1.54) is 0 Å². The zero-order valence-corrected chi connectivity index (χ0v) is 15.5. The van der Waals surface area contributed by atoms with Crippen LogP contribution in [0.15, 0.2) is 0 Å². The highest BCUT2D eigenvalue weighted by Gasteiger charge is 2.45. The molecule has 0 saturated heterocycles. The molecule has 1 atom stereocenters. The van der Waals surface area contributed by atoms with E-state index in [2.05, 4.69) is 33.9 Å². The van der Waals surface area contributed by atoms with Crippen LogP contribution in [0.1, 0.15) is 27.7 Å². The Morgan fingerprint density at radius 1 is 1.29 bits per heavy atom. The number of halogens is 1. The van der Waals surface area contributed by atoms with Gasteiger partial charge in [0.25, 0.3) is 0 Å². The summed E-state index contributed by atoms with van der Waals surface area (Å²) in [5.74, 6) is -0.628. The van der Waals surface area contributed by atoms with E-state index < -0.39 is 19.7 Å². The van der Waals surface area contributed by atoms with Gasteiger partial charge in [-0.3, -0.25) is 4.79 Å². The molecule has 0 aromatic carbocycles. The minimum Gasteiger partial charge on any atom is -0.465 e. The van der Waals surface area contributed by atoms with Gasteiger partial charge in [-0.2, -0.15) is 5.26 Å². The van der Waals surface area contributed by atoms with Gasteiger partial charge in [0.15, 0.2) is 13.7 Å². The van der Waals surface area contributed by atoms with E-state index in [0.29, 0.717) is 0 Å². The van der Waals surface area contributed by atoms with Crippen molar-refractivity contribution < 1.29 is 18.7 Å². The van der Waals surface area contributed by atoms with E-state index in [4.69, 9.17) is 25.5 Å². The quantitative estimate of drug-likeness (QED) is 0.387. The zero-order valence-electron chi connectivity index (χ0n) is 13.8. The van der Waals surface area contributed by atoms with Gasteiger partial charge < -0.3 is 13.9 Å². The fourth-order valence-electron chi connectivity index (χ4n) is 1.27. The summed E-state index contributed by atoms with van der Waals surface area (Å²) in [5.41, 5.74) is -1.47. The van der Waals surface area contributed by atoms with Crippen LogP contribution in [0.5, 0.6) is 0 Å². The zero-order chi connectivity index (χ0) is 16.7. The van der Waals surface area contributed by atoms with Crippen LogP contribution in [0.4, 0.5) is 0 Å². The Morgan fingerprint density at radius 3 is 2.24 bits per heavy atom. The molecule has 0 spiro atoms. The van der Waals surface area contributed by atoms with Crippen molar-refractivity contribution in [1.82, 2.24) is 0 Å². The SMILES string of the molecule is CCOC(=O)C(C#N)(COCCl)CO[Si](C)(C)C(C)(C)C. The van der Waals surface area contributed by atoms with Crippen molar-refractivity contribution in [2.45, 2.75) is 45.8 Å². The molecule has 5 nitrogen and oxygen atoms in total. The Morgan fingerprint density at radius 2 is 1.86 bits per heavy atom. The number of rotatable bonds is 8. The lowest BCUT2D eigenvalue weighted by molar-refractivity contribution is -0.156. The first-order valence-electron chi connectivity index (χ1n) is 6.92. The lowest BCUT2D eigenvalue weighted by Crippen LogP contribution is -2.48. The van der Waals surface area contributed by atoms with Crippen molar-refractivity contribution in [3.8, 4) is 6.07 Å². The highest BCUT2D eigenvalue weighted by atomic mass is 35.5. The van der Waals surface area contributed by atoms with Crippen LogP contribution in [0.2, 0.25) is 18.1 Å². The Balaban J connectivity index is 5.16. The molecule has 0 heterocycles. The van der Waals surface area contributed by atoms with Crippen LogP contribution >= 0.6 is 11.6 Å². The van der Waals surface area contributed by atoms with E-state index in [1.807, 2.05) is 6.07 Å². The van der Waals surface area contributed by atoms with E-state index in [1.54, 1.807) is 6.92 Å². The normalized spacial score (nSPS) is 15.1. The van der Waals surface area contributed by atoms with Gasteiger partial charge in [0, 0.05) is 0 Å². The lowest BCUT2D eigenvalue weighted by Gasteiger charge is -2.38. The molecule has 0 aliphatic rings. The van der Waals surface area contributed by atoms with Crippen molar-refractivity contribution in [2.24, 2.45) is 5.41 Å². The highest BCUT2D eigenvalue weighted by Crippen LogP contribution is 2.37. The van der Waals surface area contributed by atoms with Crippen LogP contribution in [-0.2, 0) is 18.7 Å². The number of hydrogen-bond acceptors (Lipinski definition) is 5. The average Bonchev–Trinajstić information content (AvgIpc) is 2.38. The predicted octanol–water partition coefficient (Wildman–Crippen LogP) is 3.29. The second kappa shape index (κ2) is 8.13. The molecule has 1 unspecified atom stereocenters. The molecule has 122 valence electrons. The number of carbonyl (C=O) groups excluding carboxylic acids is 1. The summed E-state index contributed by atoms with van der Waals surface area (Å²) in [4.78, 5) is 12.1. The van der Waals surface area contributed by atoms with Crippen molar-refractivity contribution in [1.29, 1.82) is 5.26 Å². The maximum atomic E-state index is 12.1. The minimum atomic E-state index is -2.09. The third-order valence-corrected chi connectivity index (χ3v) is 8.42. The molecule has 0 aliphatic heterocycles. The number of carbonyl (C=O) groups is 1. The lowest BCUT2D eigenvalue weighted by atomic mass is 9.92. The second-order valence-electron chi connectivity index (χ2n) is 6.42. The van der Waals surface area contributed by atoms with Gasteiger partial charge in [-0.25, -0.2) is 0 Å². The predicted molar refractivity (Wildman–Crippen MR) is 84.5 cm³/mol. The van der Waals surface area contributed by atoms with Gasteiger partial charge in [-0.05, 0) is 25.1 Å². The Bertz CT molecular complexity index is 389. The molecule has 0 N–H and O–H groups in total. The molecule has 0 rings (SSSR count). The largest absolute Gasteiger partial charge is 0.465 e. The van der Waals surface area contributed by atoms with Gasteiger partial charge in [0.2, 0.25) is 0 Å². The molecule has 0 aromatic rings. The van der Waals surface area contributed by atoms with E-state index in [0.717, 1.165) is 0 Å². The molecule has 0 aliphatic carbocycles. The third-order valence-electron chi connectivity index (χ3n) is 3.79. The molecule has 0 saturated carbocycles. The molecular weight excluding hydrogens is 310 g/mol. The number of hydrogen-bond donors (Lipinski definition) is 0. The van der Waals surface area contributed by atoms with E-state index in [9.17, 15) is 10.1 Å². The maximum Gasteiger partial charge on any atom is 0.331 e. The van der Waals surface area contributed by atoms with Crippen molar-refractivity contribution >= 4 is 25.9 Å². The third kappa shape index (κ3) is 5.59. The first kappa shape index (κ1) is 20.4. The van der Waals surface area contributed by atoms with E-state index >= 15 is 0 Å². The molecule has 21 heavy (non-hydrogen) atoms. The van der Waals surface area contributed by atoms with Gasteiger partial charge in [-0.1, -0.05) is 32.4 Å². The molecule has 0 aromatic heterocycles. The van der Waals surface area contributed by atoms with Gasteiger partial charge >= 0.3 is 5.97 Å². The fraction of sp³-hybridized carbons (Fsp3) is 0.857. The van der Waals surface area contributed by atoms with Crippen molar-refractivity contribution in [3.05, 3.63) is 0 Å². The van der Waals surface area contributed by atoms with E-state index in [-0.39, 0.29) is 30.9 Å². The molecule has 7 heteroatoms. The van der Waals surface area contributed by atoms with Gasteiger partial charge in [0.05, 0.1) is 25.9 Å². The topological polar surface area (TPSA) is 68.6 Å². The van der Waals surface area contributed by atoms with Gasteiger partial charge in [-0.15, -0.1) is 0 Å². The minimum absolute atomic E-state index is 0.0177. The first-order chi connectivity index (χ1) is 9.56. The Hall–Kier alpha value is -0.613. The van der Waals surface area contributed by atoms with Crippen LogP contribution in [0.3, 0.4) is 0 Å². The van der Waals surface area contributed by atoms with Crippen LogP contribution < -0.4 is 0 Å². The molecule has 0 amide bonds. The standard InChI is InChI=1S/C14H26ClNO4Si/c1-7-19-12(17)14(8-16,9-18-11-15)10-20-21(5,6)13(2,3)4/h7,9-11H2,1-6H3. The highest BCUT2D eigenvalue weighted by molar-refractivity contribution is 6.74. The summed E-state index contributed by atoms with van der Waals surface area (Å²) >= 11 is 5.49. The van der Waals surface area contributed by atoms with Crippen molar-refractivity contribution in [3.63, 3.8) is 0 Å². The summed E-state index contributed by atoms with van der Waals surface area (Å²) in [6, 6.07) is 1.90. The number of ether oxygens (including phenoxy) is 2. The van der Waals surface area contributed by atoms with Gasteiger partial charge in [0.1, 0.15) is 6.07 Å². The number of alkyl halides is 1. The monoisotopic (exact) mass is 335 g/mol. The summed E-state index contributed by atoms with van der Waals surface area (Å²) in [6.07, 6.45) is 0. The molecule has 0 bridgehead atoms. The Kier molecular flexibility index (Phi) is 7.90. The summed E-state index contributed by atoms with van der Waals surface area (Å²) < 4.78 is 16.1. The number of nitriles is 1. The number of nitrogens with zero attached hydrogens (tertiary/aromatic N) is 1. The summed E-state index contributed by atoms with van der Waals surface area (Å²) in [7, 11) is -2.09. The number of esters is 1. The second-order valence-corrected chi connectivity index (χ2v) is 11.4. The molecule has 0 fully saturated rings. The van der Waals surface area contributed by atoms with Crippen LogP contribution in [0, 0.1) is 16.7 Å². The summed E-state index contributed by atoms with van der Waals surface area (Å²) in [6.45, 7) is 12.1. The average molecular weight is 336 g/mol. The smallest absolute Gasteiger partial charge is 0.331 e. The molecule has 0 radical (unpaired) electrons. The fourth-order valence-corrected chi connectivity index (χ4v) is 2.39.